The summed E-state index contributed by atoms with van der Waals surface area (Å²) in [6, 6.07) is 43.8. The number of H-pyrrole nitrogens is 4. The van der Waals surface area contributed by atoms with E-state index in [2.05, 4.69) is 118 Å². The Morgan fingerprint density at radius 3 is 1.11 bits per heavy atom. The molecule has 716 valence electrons. The molecule has 14 rings (SSSR count). The topological polar surface area (TPSA) is 523 Å². The van der Waals surface area contributed by atoms with Crippen LogP contribution in [0.25, 0.3) is 44.5 Å². The number of thiazole rings is 1. The van der Waals surface area contributed by atoms with Crippen molar-refractivity contribution in [2.24, 2.45) is 22.2 Å². The fraction of sp³-hybridized carbons (Fsp3) is 0.198. The first kappa shape index (κ1) is 102. The Morgan fingerprint density at radius 1 is 0.399 bits per heavy atom. The van der Waals surface area contributed by atoms with Crippen LogP contribution in [0.15, 0.2) is 243 Å². The number of para-hydroxylation sites is 1. The number of hydrogen-bond donors (Lipinski definition) is 19. The number of carbonyl (C=O) groups is 4. The highest BCUT2D eigenvalue weighted by Crippen LogP contribution is 2.27. The summed E-state index contributed by atoms with van der Waals surface area (Å²) in [6.45, 7) is 14.0. The van der Waals surface area contributed by atoms with Gasteiger partial charge < -0.3 is 59.5 Å². The molecule has 35 nitrogen and oxygen atoms in total. The summed E-state index contributed by atoms with van der Waals surface area (Å²) in [5, 5.41) is 41.1. The number of benzene rings is 8. The number of urea groups is 4. The fourth-order valence-corrected chi connectivity index (χ4v) is 13.7. The average molecular weight is 1910 g/mol. The number of pyridine rings is 1. The molecule has 0 radical (unpaired) electrons. The van der Waals surface area contributed by atoms with Crippen LogP contribution in [-0.2, 0) is 39.3 Å². The number of rotatable bonds is 34. The number of carbonyl (C=O) groups excluding carboxylic acids is 4. The number of aromatic nitrogens is 10. The maximum absolute atomic E-state index is 13.9. The average Bonchev–Trinajstić information content (AvgIpc) is 0.879. The Morgan fingerprint density at radius 2 is 0.754 bits per heavy atom. The number of amides is 8. The number of halogens is 6. The van der Waals surface area contributed by atoms with Gasteiger partial charge in [0, 0.05) is 132 Å². The monoisotopic (exact) mass is 1910 g/mol. The van der Waals surface area contributed by atoms with Gasteiger partial charge in [-0.1, -0.05) is 115 Å². The largest absolute Gasteiger partial charge is 0.396 e. The summed E-state index contributed by atoms with van der Waals surface area (Å²) in [5.41, 5.74) is 25.4. The molecule has 0 fully saturated rings. The van der Waals surface area contributed by atoms with Crippen molar-refractivity contribution in [1.29, 1.82) is 0 Å². The highest BCUT2D eigenvalue weighted by Gasteiger charge is 2.20. The molecule has 6 aromatic heterocycles. The molecule has 0 aliphatic rings. The lowest BCUT2D eigenvalue weighted by Gasteiger charge is -2.22. The highest BCUT2D eigenvalue weighted by atomic mass is 32.1. The van der Waals surface area contributed by atoms with Crippen LogP contribution in [0, 0.1) is 62.6 Å². The zero-order valence-electron chi connectivity index (χ0n) is 75.1. The molecule has 0 saturated heterocycles. The maximum Gasteiger partial charge on any atom is 0.326 e. The number of aromatic amines is 4. The summed E-state index contributed by atoms with van der Waals surface area (Å²) in [4.78, 5) is 140. The Balaban J connectivity index is 0.000000176. The van der Waals surface area contributed by atoms with Crippen molar-refractivity contribution in [2.45, 2.75) is 86.2 Å². The molecule has 8 amide bonds. The molecule has 42 heteroatoms. The van der Waals surface area contributed by atoms with Gasteiger partial charge in [0.15, 0.2) is 5.96 Å². The van der Waals surface area contributed by atoms with E-state index in [0.29, 0.717) is 122 Å². The second-order valence-corrected chi connectivity index (χ2v) is 31.9. The fourth-order valence-electron chi connectivity index (χ4n) is 13.2. The van der Waals surface area contributed by atoms with Gasteiger partial charge in [0.05, 0.1) is 39.3 Å². The maximum atomic E-state index is 13.9. The Kier molecular flexibility index (Phi) is 38.0. The van der Waals surface area contributed by atoms with Crippen molar-refractivity contribution in [1.82, 2.24) is 70.7 Å². The number of nitrogens with two attached hydrogens (primary N) is 3. The van der Waals surface area contributed by atoms with Crippen LogP contribution in [0.4, 0.5) is 92.1 Å². The number of nitrogens with zero attached hydrogens (tertiary/aromatic N) is 8. The lowest BCUT2D eigenvalue weighted by molar-refractivity contribution is 0.217. The molecule has 6 heterocycles. The number of nitrogens with one attached hydrogen (secondary N) is 15. The van der Waals surface area contributed by atoms with Gasteiger partial charge in [-0.2, -0.15) is 0 Å². The van der Waals surface area contributed by atoms with E-state index in [4.69, 9.17) is 22.3 Å². The molecule has 0 unspecified atom stereocenters. The molecule has 0 spiro atoms. The molecule has 8 aromatic carbocycles. The molecule has 0 aliphatic heterocycles. The highest BCUT2D eigenvalue weighted by molar-refractivity contribution is 7.09. The first-order chi connectivity index (χ1) is 66.5. The SMILES string of the molecule is Cc1cc(NC(=O)Nc2ncc(-c3ccc(CN(CCCN)CCCO)cc3)c(=O)[nH]2)c(F)cc1F.Cc1cc(NC(=O)Nc2ncc(-c3ccc(CNCc4ccncc4)cc3)c(=O)[nH]2)c(F)cc1F.Cc1cc(NC(=O)Nc2ncc(-c3ccc(CNCc4nccs4)cc3)c(=O)[nH]2)c(F)cc1F.Cc1ccccc1NC(=O)Nc1ncc(-c2ccc(CNCCCN=C(N)N)cc2)c(=O)[nH]1. The third-order valence-corrected chi connectivity index (χ3v) is 21.2. The predicted octanol–water partition coefficient (Wildman–Crippen LogP) is 14.1. The van der Waals surface area contributed by atoms with E-state index in [1.54, 1.807) is 36.0 Å². The standard InChI is InChI=1S/C25H30F2N6O3.C25H22F2N6O2.C23H20F2N6O2S.C23H28N8O2/c1-16-12-22(21(27)13-20(16)26)30-25(36)32-24-29-14-19(23(35)31-24)18-6-4-17(5-7-18)15-33(9-2-8-28)10-3-11-34;1-15-10-22(21(27)11-20(15)26)31-25(35)33-24-30-14-19(23(34)32-24)18-4-2-16(3-5-18)12-29-13-17-6-8-28-9-7-17;1-13-8-19(18(25)9-17(13)24)29-23(33)31-22-28-11-16(21(32)30-22)15-4-2-14(3-5-15)10-26-12-20-27-6-7-34-20;1-15-5-2-3-6-19(15)29-23(33)31-22-28-14-18(20(32)30-22)17-9-7-16(8-10-17)13-26-11-4-12-27-21(24)25/h4-7,12-14,34H,2-3,8-11,15,28H2,1H3,(H3,29,30,31,32,35,36);2-11,14,29H,12-13H2,1H3,(H3,30,31,32,33,34,35);2-9,11,26H,10,12H2,1H3,(H3,28,29,30,31,32,33);2-3,5-10,14,26H,4,11-13H2,1H3,(H4,24,25,27)(H3,28,29,30,31,32,33). The molecular formula is C96H100F6N26O9S. The third kappa shape index (κ3) is 31.7. The van der Waals surface area contributed by atoms with Crippen molar-refractivity contribution < 1.29 is 50.6 Å². The summed E-state index contributed by atoms with van der Waals surface area (Å²) < 4.78 is 81.7. The van der Waals surface area contributed by atoms with Gasteiger partial charge in [-0.15, -0.1) is 11.3 Å². The van der Waals surface area contributed by atoms with Crippen LogP contribution in [0.5, 0.6) is 0 Å². The molecule has 14 aromatic rings. The summed E-state index contributed by atoms with van der Waals surface area (Å²) in [5.74, 6) is -5.12. The normalized spacial score (nSPS) is 10.8. The van der Waals surface area contributed by atoms with E-state index in [0.717, 1.165) is 82.5 Å². The van der Waals surface area contributed by atoms with E-state index >= 15 is 0 Å². The molecule has 0 saturated carbocycles. The minimum absolute atomic E-state index is 0.0661. The number of hydrogen-bond acceptors (Lipinski definition) is 22. The molecule has 0 aliphatic carbocycles. The third-order valence-electron chi connectivity index (χ3n) is 20.4. The summed E-state index contributed by atoms with van der Waals surface area (Å²) in [7, 11) is 0. The van der Waals surface area contributed by atoms with E-state index in [-0.39, 0.29) is 75.7 Å². The number of aliphatic imine (C=N–C) groups is 1. The zero-order valence-corrected chi connectivity index (χ0v) is 75.9. The van der Waals surface area contributed by atoms with Crippen LogP contribution in [0.1, 0.15) is 74.3 Å². The molecule has 22 N–H and O–H groups in total. The molecule has 138 heavy (non-hydrogen) atoms. The minimum atomic E-state index is -0.926. The number of anilines is 8. The number of aliphatic hydroxyl groups excluding tert-OH is 1. The van der Waals surface area contributed by atoms with Gasteiger partial charge in [-0.3, -0.25) is 75.3 Å². The Bertz CT molecular complexity index is 6760. The number of guanidine groups is 1. The Hall–Kier alpha value is -16.3. The molecular weight excluding hydrogens is 1810 g/mol. The second kappa shape index (κ2) is 51.3. The molecule has 0 bridgehead atoms. The van der Waals surface area contributed by atoms with Crippen LogP contribution in [-0.4, -0.2) is 129 Å². The van der Waals surface area contributed by atoms with E-state index in [1.165, 1.54) is 57.7 Å². The quantitative estimate of drug-likeness (QED) is 0.00771. The van der Waals surface area contributed by atoms with Gasteiger partial charge in [0.1, 0.15) is 39.9 Å². The lowest BCUT2D eigenvalue weighted by atomic mass is 10.1. The van der Waals surface area contributed by atoms with E-state index in [9.17, 15) is 64.7 Å². The number of aliphatic hydroxyl groups is 1. The number of aryl methyl sites for hydroxylation is 4. The van der Waals surface area contributed by atoms with Crippen molar-refractivity contribution in [3.8, 4) is 44.5 Å². The van der Waals surface area contributed by atoms with Crippen molar-refractivity contribution >= 4 is 88.0 Å². The van der Waals surface area contributed by atoms with Gasteiger partial charge in [-0.25, -0.2) is 70.4 Å². The molecule has 0 atom stereocenters. The van der Waals surface area contributed by atoms with Crippen LogP contribution < -0.4 is 97.9 Å². The van der Waals surface area contributed by atoms with Gasteiger partial charge in [-0.05, 0) is 175 Å². The lowest BCUT2D eigenvalue weighted by Crippen LogP contribution is -2.27. The van der Waals surface area contributed by atoms with Gasteiger partial charge in [0.25, 0.3) is 22.2 Å². The first-order valence-electron chi connectivity index (χ1n) is 43.0. The summed E-state index contributed by atoms with van der Waals surface area (Å²) in [6.07, 6.45) is 13.1. The van der Waals surface area contributed by atoms with Crippen LogP contribution >= 0.6 is 11.3 Å². The van der Waals surface area contributed by atoms with Crippen LogP contribution in [0.3, 0.4) is 0 Å². The van der Waals surface area contributed by atoms with E-state index < -0.39 is 75.7 Å². The second-order valence-electron chi connectivity index (χ2n) is 30.9. The van der Waals surface area contributed by atoms with Crippen molar-refractivity contribution in [3.63, 3.8) is 0 Å². The van der Waals surface area contributed by atoms with Gasteiger partial charge in [0.2, 0.25) is 23.8 Å². The summed E-state index contributed by atoms with van der Waals surface area (Å²) >= 11 is 1.59. The van der Waals surface area contributed by atoms with Crippen molar-refractivity contribution in [3.05, 3.63) is 350 Å². The Labute approximate surface area is 790 Å². The minimum Gasteiger partial charge on any atom is -0.396 e. The van der Waals surface area contributed by atoms with Gasteiger partial charge >= 0.3 is 24.1 Å². The predicted molar refractivity (Wildman–Crippen MR) is 521 cm³/mol. The van der Waals surface area contributed by atoms with E-state index in [1.807, 2.05) is 140 Å². The van der Waals surface area contributed by atoms with Crippen LogP contribution in [0.2, 0.25) is 0 Å². The first-order valence-corrected chi connectivity index (χ1v) is 43.9. The smallest absolute Gasteiger partial charge is 0.326 e. The van der Waals surface area contributed by atoms with Crippen molar-refractivity contribution in [2.75, 3.05) is 81.9 Å². The zero-order chi connectivity index (χ0) is 98.6.